The van der Waals surface area contributed by atoms with E-state index in [0.29, 0.717) is 0 Å². The van der Waals surface area contributed by atoms with Crippen molar-refractivity contribution in [3.8, 4) is 0 Å². The highest BCUT2D eigenvalue weighted by Gasteiger charge is 2.51. The molecule has 0 spiro atoms. The van der Waals surface area contributed by atoms with Crippen molar-refractivity contribution in [2.45, 2.75) is 104 Å². The zero-order valence-corrected chi connectivity index (χ0v) is 20.8. The van der Waals surface area contributed by atoms with Crippen LogP contribution in [-0.4, -0.2) is 158 Å². The van der Waals surface area contributed by atoms with Crippen LogP contribution >= 0.6 is 0 Å². The Morgan fingerprint density at radius 2 is 1.23 bits per heavy atom. The molecule has 2 saturated heterocycles. The number of carboxylic acid groups (broad SMARTS) is 1. The molecule has 0 bridgehead atoms. The molecule has 0 amide bonds. The lowest BCUT2D eigenvalue weighted by Gasteiger charge is -2.48. The van der Waals surface area contributed by atoms with E-state index in [4.69, 9.17) is 51.8 Å². The van der Waals surface area contributed by atoms with Crippen molar-refractivity contribution in [1.82, 2.24) is 0 Å². The lowest BCUT2D eigenvalue weighted by molar-refractivity contribution is -0.332. The number of ether oxygens (including phenoxy) is 4. The van der Waals surface area contributed by atoms with Gasteiger partial charge in [0.1, 0.15) is 61.0 Å². The first-order chi connectivity index (χ1) is 18.5. The van der Waals surface area contributed by atoms with Gasteiger partial charge in [0, 0.05) is 18.6 Å². The van der Waals surface area contributed by atoms with Crippen LogP contribution in [0, 0.1) is 0 Å². The number of aliphatic hydroxyl groups is 7. The number of rotatable bonds is 6. The number of hydrogen-bond acceptors (Lipinski definition) is 16. The number of nitrogens with two attached hydrogens (primary N) is 4. The van der Waals surface area contributed by atoms with E-state index >= 15 is 0 Å². The SMILES string of the molecule is NC[C@H]1O[C@H](O[C@H]2[C@H](O)[C@@H](O[C@H]3O[C@H](CO)[C@@H](O)[C@H](N)[C@H]3O)[C@H](N)C[C@@H]2N)[C@H](O)[C@@H](O)[C@@H]1O.O=C(O)C(F)(F)F. The Balaban J connectivity index is 0.000000708. The van der Waals surface area contributed by atoms with Crippen LogP contribution in [0.5, 0.6) is 0 Å². The van der Waals surface area contributed by atoms with E-state index in [1.165, 1.54) is 0 Å². The third kappa shape index (κ3) is 7.93. The van der Waals surface area contributed by atoms with Crippen molar-refractivity contribution < 1.29 is 77.8 Å². The Morgan fingerprint density at radius 3 is 1.65 bits per heavy atom. The summed E-state index contributed by atoms with van der Waals surface area (Å²) in [6.07, 6.45) is -21.5. The Labute approximate surface area is 224 Å². The number of hydrogen-bond donors (Lipinski definition) is 12. The quantitative estimate of drug-likeness (QED) is 0.135. The minimum absolute atomic E-state index is 0.0849. The first-order valence-electron chi connectivity index (χ1n) is 12.0. The molecular formula is C20H37F3N4O13. The molecule has 17 nitrogen and oxygen atoms in total. The maximum atomic E-state index is 10.9. The predicted octanol–water partition coefficient (Wildman–Crippen LogP) is -6.66. The summed E-state index contributed by atoms with van der Waals surface area (Å²) in [6.45, 7) is -0.763. The highest BCUT2D eigenvalue weighted by atomic mass is 19.4. The Kier molecular flexibility index (Phi) is 12.4. The number of aliphatic carboxylic acids is 1. The average molecular weight is 599 g/mol. The molecule has 0 aromatic rings. The van der Waals surface area contributed by atoms with Crippen molar-refractivity contribution >= 4 is 5.97 Å². The van der Waals surface area contributed by atoms with Gasteiger partial charge < -0.3 is 82.7 Å². The summed E-state index contributed by atoms with van der Waals surface area (Å²) in [6, 6.07) is -2.86. The summed E-state index contributed by atoms with van der Waals surface area (Å²) in [7, 11) is 0. The number of carboxylic acids is 1. The molecule has 1 saturated carbocycles. The summed E-state index contributed by atoms with van der Waals surface area (Å²) in [5.41, 5.74) is 23.5. The molecule has 1 aliphatic carbocycles. The second-order valence-corrected chi connectivity index (χ2v) is 9.59. The van der Waals surface area contributed by atoms with Gasteiger partial charge in [0.05, 0.1) is 12.6 Å². The standard InChI is InChI=1S/C18H36N4O11.C2HF3O2/c19-2-6-10(25)12(27)13(28)18(30-6)33-16-5(21)1-4(20)15(14(16)29)32-17-11(26)8(22)9(24)7(3-23)31-17;3-2(4,5)1(6)7/h4-18,23-29H,1-3,19-22H2;(H,6,7)/t4-,5+,6-,7-,8+,9-,10-,11-,12+,13-,14-,15+,16-,17-,18-;/m1./s1. The molecule has 236 valence electrons. The average Bonchev–Trinajstić information content (AvgIpc) is 2.88. The van der Waals surface area contributed by atoms with Crippen LogP contribution in [0.1, 0.15) is 6.42 Å². The van der Waals surface area contributed by atoms with Gasteiger partial charge in [-0.25, -0.2) is 4.79 Å². The van der Waals surface area contributed by atoms with Gasteiger partial charge in [-0.05, 0) is 6.42 Å². The monoisotopic (exact) mass is 598 g/mol. The number of halogens is 3. The van der Waals surface area contributed by atoms with Crippen LogP contribution in [0.3, 0.4) is 0 Å². The van der Waals surface area contributed by atoms with Crippen LogP contribution in [0.4, 0.5) is 13.2 Å². The van der Waals surface area contributed by atoms with Gasteiger partial charge in [-0.15, -0.1) is 0 Å². The summed E-state index contributed by atoms with van der Waals surface area (Å²) in [5.74, 6) is -2.76. The number of carbonyl (C=O) groups is 1. The van der Waals surface area contributed by atoms with Crippen molar-refractivity contribution in [2.75, 3.05) is 13.2 Å². The fourth-order valence-corrected chi connectivity index (χ4v) is 4.40. The summed E-state index contributed by atoms with van der Waals surface area (Å²) < 4.78 is 53.9. The van der Waals surface area contributed by atoms with Crippen LogP contribution in [-0.2, 0) is 23.7 Å². The molecule has 0 radical (unpaired) electrons. The van der Waals surface area contributed by atoms with Crippen molar-refractivity contribution in [1.29, 1.82) is 0 Å². The molecule has 3 rings (SSSR count). The van der Waals surface area contributed by atoms with Crippen molar-refractivity contribution in [3.63, 3.8) is 0 Å². The van der Waals surface area contributed by atoms with Crippen LogP contribution in [0.2, 0.25) is 0 Å². The van der Waals surface area contributed by atoms with E-state index in [2.05, 4.69) is 0 Å². The third-order valence-electron chi connectivity index (χ3n) is 6.72. The molecular weight excluding hydrogens is 561 g/mol. The van der Waals surface area contributed by atoms with Gasteiger partial charge in [0.15, 0.2) is 12.6 Å². The van der Waals surface area contributed by atoms with E-state index in [-0.39, 0.29) is 13.0 Å². The molecule has 2 aliphatic heterocycles. The number of aliphatic hydroxyl groups excluding tert-OH is 7. The molecule has 16 N–H and O–H groups in total. The smallest absolute Gasteiger partial charge is 0.475 e. The van der Waals surface area contributed by atoms with E-state index in [1.807, 2.05) is 0 Å². The van der Waals surface area contributed by atoms with Gasteiger partial charge in [-0.3, -0.25) is 0 Å². The van der Waals surface area contributed by atoms with E-state index < -0.39 is 110 Å². The Morgan fingerprint density at radius 1 is 0.775 bits per heavy atom. The highest BCUT2D eigenvalue weighted by Crippen LogP contribution is 2.31. The maximum Gasteiger partial charge on any atom is 0.490 e. The van der Waals surface area contributed by atoms with Gasteiger partial charge in [0.2, 0.25) is 0 Å². The maximum absolute atomic E-state index is 10.9. The first kappa shape index (κ1) is 34.9. The van der Waals surface area contributed by atoms with Gasteiger partial charge in [-0.1, -0.05) is 0 Å². The summed E-state index contributed by atoms with van der Waals surface area (Å²) in [4.78, 5) is 8.90. The lowest BCUT2D eigenvalue weighted by atomic mass is 9.84. The second-order valence-electron chi connectivity index (χ2n) is 9.59. The van der Waals surface area contributed by atoms with Crippen LogP contribution in [0.25, 0.3) is 0 Å². The van der Waals surface area contributed by atoms with Crippen molar-refractivity contribution in [2.24, 2.45) is 22.9 Å². The normalized spacial score (nSPS) is 46.3. The van der Waals surface area contributed by atoms with E-state index in [1.54, 1.807) is 0 Å². The largest absolute Gasteiger partial charge is 0.490 e. The Hall–Kier alpha value is -1.34. The topological polar surface area (TPSA) is 320 Å². The van der Waals surface area contributed by atoms with Crippen LogP contribution < -0.4 is 22.9 Å². The molecule has 20 heteroatoms. The van der Waals surface area contributed by atoms with Crippen LogP contribution in [0.15, 0.2) is 0 Å². The molecule has 40 heavy (non-hydrogen) atoms. The summed E-state index contributed by atoms with van der Waals surface area (Å²) in [5, 5.41) is 78.0. The fourth-order valence-electron chi connectivity index (χ4n) is 4.40. The molecule has 0 aromatic heterocycles. The minimum Gasteiger partial charge on any atom is -0.475 e. The molecule has 0 unspecified atom stereocenters. The zero-order valence-electron chi connectivity index (χ0n) is 20.8. The lowest BCUT2D eigenvalue weighted by Crippen LogP contribution is -2.68. The fraction of sp³-hybridized carbons (Fsp3) is 0.950. The molecule has 3 fully saturated rings. The van der Waals surface area contributed by atoms with Gasteiger partial charge in [-0.2, -0.15) is 13.2 Å². The third-order valence-corrected chi connectivity index (χ3v) is 6.72. The van der Waals surface area contributed by atoms with E-state index in [9.17, 15) is 48.9 Å². The molecule has 3 aliphatic rings. The summed E-state index contributed by atoms with van der Waals surface area (Å²) >= 11 is 0. The minimum atomic E-state index is -5.08. The second kappa shape index (κ2) is 14.2. The number of alkyl halides is 3. The first-order valence-corrected chi connectivity index (χ1v) is 12.0. The zero-order chi connectivity index (χ0) is 30.7. The van der Waals surface area contributed by atoms with Gasteiger partial charge >= 0.3 is 12.1 Å². The predicted molar refractivity (Wildman–Crippen MR) is 121 cm³/mol. The highest BCUT2D eigenvalue weighted by molar-refractivity contribution is 5.73. The molecule has 15 atom stereocenters. The molecule has 0 aromatic carbocycles. The van der Waals surface area contributed by atoms with Crippen molar-refractivity contribution in [3.05, 3.63) is 0 Å². The Bertz CT molecular complexity index is 766. The van der Waals surface area contributed by atoms with Gasteiger partial charge in [0.25, 0.3) is 0 Å². The van der Waals surface area contributed by atoms with E-state index in [0.717, 1.165) is 0 Å². The molecule has 2 heterocycles.